The zero-order valence-corrected chi connectivity index (χ0v) is 13.4. The fraction of sp³-hybridized carbons (Fsp3) is 0.438. The maximum absolute atomic E-state index is 12.2. The van der Waals surface area contributed by atoms with Crippen LogP contribution in [0.5, 0.6) is 0 Å². The molecule has 3 amide bonds. The van der Waals surface area contributed by atoms with Crippen LogP contribution in [-0.2, 0) is 0 Å². The van der Waals surface area contributed by atoms with Gasteiger partial charge in [-0.1, -0.05) is 26.7 Å². The number of nitrogens with two attached hydrogens (primary N) is 1. The zero-order chi connectivity index (χ0) is 17.4. The van der Waals surface area contributed by atoms with Crippen molar-refractivity contribution in [2.45, 2.75) is 45.6 Å². The summed E-state index contributed by atoms with van der Waals surface area (Å²) >= 11 is 0. The molecule has 0 saturated heterocycles. The van der Waals surface area contributed by atoms with Gasteiger partial charge >= 0.3 is 12.0 Å². The zero-order valence-electron chi connectivity index (χ0n) is 13.4. The second kappa shape index (κ2) is 8.77. The lowest BCUT2D eigenvalue weighted by Crippen LogP contribution is -2.32. The second-order valence-corrected chi connectivity index (χ2v) is 5.05. The molecule has 7 heteroatoms. The van der Waals surface area contributed by atoms with E-state index in [1.807, 2.05) is 13.8 Å². The first-order valence-electron chi connectivity index (χ1n) is 7.71. The molecule has 0 spiro atoms. The van der Waals surface area contributed by atoms with Gasteiger partial charge in [-0.25, -0.2) is 9.59 Å². The number of carboxylic acids is 1. The summed E-state index contributed by atoms with van der Waals surface area (Å²) in [6.07, 6.45) is 4.01. The highest BCUT2D eigenvalue weighted by Crippen LogP contribution is 2.20. The van der Waals surface area contributed by atoms with Crippen molar-refractivity contribution in [3.63, 3.8) is 0 Å². The SMILES string of the molecule is CC.NC(=O)Nc1cc(C(=O)O)cc(C(=O)NC2CCCC2)c1. The molecule has 0 radical (unpaired) electrons. The molecule has 0 bridgehead atoms. The van der Waals surface area contributed by atoms with Crippen LogP contribution in [0.1, 0.15) is 60.2 Å². The highest BCUT2D eigenvalue weighted by atomic mass is 16.4. The van der Waals surface area contributed by atoms with Crippen LogP contribution in [-0.4, -0.2) is 29.1 Å². The fourth-order valence-corrected chi connectivity index (χ4v) is 2.44. The summed E-state index contributed by atoms with van der Waals surface area (Å²) in [6.45, 7) is 4.00. The van der Waals surface area contributed by atoms with E-state index in [4.69, 9.17) is 10.8 Å². The number of hydrogen-bond acceptors (Lipinski definition) is 3. The van der Waals surface area contributed by atoms with Crippen molar-refractivity contribution >= 4 is 23.6 Å². The number of benzene rings is 1. The lowest BCUT2D eigenvalue weighted by Gasteiger charge is -2.13. The van der Waals surface area contributed by atoms with Gasteiger partial charge < -0.3 is 21.5 Å². The lowest BCUT2D eigenvalue weighted by molar-refractivity contribution is 0.0697. The molecule has 23 heavy (non-hydrogen) atoms. The number of anilines is 1. The van der Waals surface area contributed by atoms with Gasteiger partial charge in [-0.3, -0.25) is 4.79 Å². The number of carbonyl (C=O) groups is 3. The first kappa shape index (κ1) is 18.5. The molecule has 0 atom stereocenters. The van der Waals surface area contributed by atoms with E-state index in [2.05, 4.69) is 10.6 Å². The van der Waals surface area contributed by atoms with Crippen LogP contribution in [0.4, 0.5) is 10.5 Å². The Morgan fingerprint density at radius 1 is 1.09 bits per heavy atom. The number of carbonyl (C=O) groups excluding carboxylic acids is 2. The molecule has 2 rings (SSSR count). The van der Waals surface area contributed by atoms with Gasteiger partial charge in [0.15, 0.2) is 0 Å². The molecule has 7 nitrogen and oxygen atoms in total. The number of nitrogens with one attached hydrogen (secondary N) is 2. The predicted octanol–water partition coefficient (Wildman–Crippen LogP) is 2.57. The van der Waals surface area contributed by atoms with Crippen molar-refractivity contribution < 1.29 is 19.5 Å². The van der Waals surface area contributed by atoms with Gasteiger partial charge in [-0.05, 0) is 31.0 Å². The van der Waals surface area contributed by atoms with Crippen molar-refractivity contribution in [1.82, 2.24) is 5.32 Å². The molecule has 1 aromatic rings. The topological polar surface area (TPSA) is 122 Å². The molecular formula is C16H23N3O4. The van der Waals surface area contributed by atoms with Crippen molar-refractivity contribution in [2.24, 2.45) is 5.73 Å². The van der Waals surface area contributed by atoms with E-state index in [0.717, 1.165) is 25.7 Å². The van der Waals surface area contributed by atoms with Crippen LogP contribution >= 0.6 is 0 Å². The summed E-state index contributed by atoms with van der Waals surface area (Å²) in [5, 5.41) is 14.2. The largest absolute Gasteiger partial charge is 0.478 e. The average molecular weight is 321 g/mol. The second-order valence-electron chi connectivity index (χ2n) is 5.05. The maximum Gasteiger partial charge on any atom is 0.335 e. The Labute approximate surface area is 135 Å². The van der Waals surface area contributed by atoms with E-state index in [0.29, 0.717) is 0 Å². The summed E-state index contributed by atoms with van der Waals surface area (Å²) in [4.78, 5) is 34.1. The highest BCUT2D eigenvalue weighted by Gasteiger charge is 2.19. The third-order valence-corrected chi connectivity index (χ3v) is 3.40. The molecule has 1 aliphatic carbocycles. The average Bonchev–Trinajstić information content (AvgIpc) is 3.01. The number of hydrogen-bond donors (Lipinski definition) is 4. The number of rotatable bonds is 4. The minimum absolute atomic E-state index is 0.0854. The molecule has 1 aromatic carbocycles. The quantitative estimate of drug-likeness (QED) is 0.680. The van der Waals surface area contributed by atoms with Crippen molar-refractivity contribution in [1.29, 1.82) is 0 Å². The van der Waals surface area contributed by atoms with Crippen LogP contribution in [0.25, 0.3) is 0 Å². The third kappa shape index (κ3) is 5.61. The molecule has 1 saturated carbocycles. The van der Waals surface area contributed by atoms with Crippen LogP contribution in [0.2, 0.25) is 0 Å². The molecule has 0 unspecified atom stereocenters. The normalized spacial score (nSPS) is 13.7. The van der Waals surface area contributed by atoms with Crippen molar-refractivity contribution in [2.75, 3.05) is 5.32 Å². The fourth-order valence-electron chi connectivity index (χ4n) is 2.44. The van der Waals surface area contributed by atoms with E-state index >= 15 is 0 Å². The maximum atomic E-state index is 12.2. The van der Waals surface area contributed by atoms with Crippen LogP contribution in [0.3, 0.4) is 0 Å². The van der Waals surface area contributed by atoms with Crippen LogP contribution in [0, 0.1) is 0 Å². The van der Waals surface area contributed by atoms with E-state index in [1.165, 1.54) is 18.2 Å². The Morgan fingerprint density at radius 3 is 2.17 bits per heavy atom. The summed E-state index contributed by atoms with van der Waals surface area (Å²) in [5.41, 5.74) is 5.29. The van der Waals surface area contributed by atoms with E-state index in [-0.39, 0.29) is 28.8 Å². The van der Waals surface area contributed by atoms with Crippen LogP contribution in [0.15, 0.2) is 18.2 Å². The predicted molar refractivity (Wildman–Crippen MR) is 87.7 cm³/mol. The molecule has 0 heterocycles. The highest BCUT2D eigenvalue weighted by molar-refractivity contribution is 6.00. The van der Waals surface area contributed by atoms with Crippen molar-refractivity contribution in [3.8, 4) is 0 Å². The first-order valence-corrected chi connectivity index (χ1v) is 7.71. The number of urea groups is 1. The molecular weight excluding hydrogens is 298 g/mol. The summed E-state index contributed by atoms with van der Waals surface area (Å²) in [5.74, 6) is -1.53. The first-order chi connectivity index (χ1) is 11.0. The van der Waals surface area contributed by atoms with Gasteiger partial charge in [0.2, 0.25) is 0 Å². The number of amides is 3. The van der Waals surface area contributed by atoms with Crippen molar-refractivity contribution in [3.05, 3.63) is 29.3 Å². The summed E-state index contributed by atoms with van der Waals surface area (Å²) < 4.78 is 0. The van der Waals surface area contributed by atoms with E-state index in [1.54, 1.807) is 0 Å². The molecule has 1 aliphatic rings. The van der Waals surface area contributed by atoms with Gasteiger partial charge in [-0.15, -0.1) is 0 Å². The molecule has 0 aliphatic heterocycles. The van der Waals surface area contributed by atoms with Gasteiger partial charge in [-0.2, -0.15) is 0 Å². The smallest absolute Gasteiger partial charge is 0.335 e. The summed E-state index contributed by atoms with van der Waals surface area (Å²) in [6, 6.07) is 3.23. The Morgan fingerprint density at radius 2 is 1.65 bits per heavy atom. The van der Waals surface area contributed by atoms with E-state index in [9.17, 15) is 14.4 Å². The van der Waals surface area contributed by atoms with Gasteiger partial charge in [0, 0.05) is 17.3 Å². The van der Waals surface area contributed by atoms with Gasteiger partial charge in [0.05, 0.1) is 5.56 Å². The lowest BCUT2D eigenvalue weighted by atomic mass is 10.1. The third-order valence-electron chi connectivity index (χ3n) is 3.40. The van der Waals surface area contributed by atoms with Crippen LogP contribution < -0.4 is 16.4 Å². The minimum Gasteiger partial charge on any atom is -0.478 e. The Bertz CT molecular complexity index is 581. The Kier molecular flexibility index (Phi) is 7.05. The summed E-state index contributed by atoms with van der Waals surface area (Å²) in [7, 11) is 0. The Balaban J connectivity index is 0.00000127. The number of aromatic carboxylic acids is 1. The van der Waals surface area contributed by atoms with Gasteiger partial charge in [0.25, 0.3) is 5.91 Å². The monoisotopic (exact) mass is 321 g/mol. The number of primary amides is 1. The minimum atomic E-state index is -1.18. The number of carboxylic acid groups (broad SMARTS) is 1. The molecule has 1 fully saturated rings. The molecule has 5 N–H and O–H groups in total. The molecule has 126 valence electrons. The molecule has 0 aromatic heterocycles. The van der Waals surface area contributed by atoms with Gasteiger partial charge in [0.1, 0.15) is 0 Å². The Hall–Kier alpha value is -2.57. The van der Waals surface area contributed by atoms with E-state index < -0.39 is 12.0 Å². The standard InChI is InChI=1S/C14H17N3O4.C2H6/c15-14(21)17-11-6-8(5-9(7-11)13(19)20)12(18)16-10-3-1-2-4-10;1-2/h5-7,10H,1-4H2,(H,16,18)(H,19,20)(H3,15,17,21);1-2H3.